The third kappa shape index (κ3) is 3.54. The van der Waals surface area contributed by atoms with Crippen molar-refractivity contribution in [3.8, 4) is 22.8 Å². The van der Waals surface area contributed by atoms with E-state index in [1.807, 2.05) is 23.1 Å². The van der Waals surface area contributed by atoms with Gasteiger partial charge in [0.1, 0.15) is 13.2 Å². The molecule has 7 nitrogen and oxygen atoms in total. The van der Waals surface area contributed by atoms with Crippen molar-refractivity contribution in [2.24, 2.45) is 0 Å². The maximum Gasteiger partial charge on any atom is 0.277 e. The van der Waals surface area contributed by atoms with Crippen molar-refractivity contribution < 1.29 is 18.7 Å². The summed E-state index contributed by atoms with van der Waals surface area (Å²) < 4.78 is 16.8. The quantitative estimate of drug-likeness (QED) is 0.793. The summed E-state index contributed by atoms with van der Waals surface area (Å²) in [5, 5.41) is 3.42. The average Bonchev–Trinajstić information content (AvgIpc) is 3.24. The van der Waals surface area contributed by atoms with Gasteiger partial charge < -0.3 is 24.1 Å². The molecule has 0 aliphatic carbocycles. The lowest BCUT2D eigenvalue weighted by molar-refractivity contribution is 0.0675. The van der Waals surface area contributed by atoms with Crippen LogP contribution in [0, 0.1) is 0 Å². The summed E-state index contributed by atoms with van der Waals surface area (Å²) in [4.78, 5) is 19.5. The van der Waals surface area contributed by atoms with Crippen LogP contribution in [0.1, 0.15) is 29.8 Å². The van der Waals surface area contributed by atoms with Gasteiger partial charge in [-0.2, -0.15) is 0 Å². The third-order valence-corrected chi connectivity index (χ3v) is 5.46. The summed E-state index contributed by atoms with van der Waals surface area (Å²) in [6.07, 6.45) is 4.44. The Labute approximate surface area is 175 Å². The molecule has 0 radical (unpaired) electrons. The molecule has 4 heterocycles. The lowest BCUT2D eigenvalue weighted by Crippen LogP contribution is -2.42. The SMILES string of the molecule is Cl.Cl.O=C(c1ncoc1-c1ccc2c(c1)OCCO2)N1C2CCNCC1CC2. The van der Waals surface area contributed by atoms with Gasteiger partial charge in [-0.3, -0.25) is 4.79 Å². The first-order valence-electron chi connectivity index (χ1n) is 9.18. The maximum atomic E-state index is 13.3. The number of hydrogen-bond donors (Lipinski definition) is 1. The molecule has 9 heteroatoms. The standard InChI is InChI=1S/C19H21N3O4.2ClH/c23-19(22-13-2-3-14(22)10-20-6-5-13)17-18(26-11-21-17)12-1-4-15-16(9-12)25-8-7-24-15;;/h1,4,9,11,13-14,20H,2-3,5-8,10H2;2*1H. The van der Waals surface area contributed by atoms with Gasteiger partial charge in [-0.25, -0.2) is 4.98 Å². The molecule has 2 aromatic rings. The fraction of sp³-hybridized carbons (Fsp3) is 0.474. The molecule has 152 valence electrons. The predicted octanol–water partition coefficient (Wildman–Crippen LogP) is 2.92. The number of halogens is 2. The molecular weight excluding hydrogens is 405 g/mol. The van der Waals surface area contributed by atoms with Gasteiger partial charge in [-0.1, -0.05) is 0 Å². The second-order valence-electron chi connectivity index (χ2n) is 6.98. The summed E-state index contributed by atoms with van der Waals surface area (Å²) in [6, 6.07) is 6.10. The molecule has 1 N–H and O–H groups in total. The Morgan fingerprint density at radius 2 is 1.86 bits per heavy atom. The Hall–Kier alpha value is -1.96. The molecule has 28 heavy (non-hydrogen) atoms. The zero-order chi connectivity index (χ0) is 17.5. The molecule has 2 fully saturated rings. The molecule has 1 aromatic heterocycles. The van der Waals surface area contributed by atoms with Crippen molar-refractivity contribution in [2.45, 2.75) is 31.3 Å². The fourth-order valence-electron chi connectivity index (χ4n) is 4.22. The lowest BCUT2D eigenvalue weighted by atomic mass is 10.1. The lowest BCUT2D eigenvalue weighted by Gasteiger charge is -2.27. The molecule has 3 aliphatic heterocycles. The van der Waals surface area contributed by atoms with Crippen LogP contribution >= 0.6 is 24.8 Å². The van der Waals surface area contributed by atoms with Crippen LogP contribution < -0.4 is 14.8 Å². The second kappa shape index (κ2) is 8.59. The number of rotatable bonds is 2. The van der Waals surface area contributed by atoms with Crippen molar-refractivity contribution in [3.05, 3.63) is 30.3 Å². The first-order chi connectivity index (χ1) is 12.8. The number of oxazole rings is 1. The van der Waals surface area contributed by atoms with Gasteiger partial charge in [0, 0.05) is 24.2 Å². The average molecular weight is 428 g/mol. The molecule has 2 unspecified atom stereocenters. The van der Waals surface area contributed by atoms with Gasteiger partial charge in [-0.05, 0) is 44.0 Å². The van der Waals surface area contributed by atoms with E-state index in [1.54, 1.807) is 0 Å². The van der Waals surface area contributed by atoms with Gasteiger partial charge in [0.05, 0.1) is 0 Å². The predicted molar refractivity (Wildman–Crippen MR) is 108 cm³/mol. The zero-order valence-corrected chi connectivity index (χ0v) is 16.9. The Balaban J connectivity index is 0.00000112. The first-order valence-corrected chi connectivity index (χ1v) is 9.18. The summed E-state index contributed by atoms with van der Waals surface area (Å²) in [5.41, 5.74) is 1.15. The van der Waals surface area contributed by atoms with E-state index in [0.717, 1.165) is 37.9 Å². The topological polar surface area (TPSA) is 76.8 Å². The van der Waals surface area contributed by atoms with E-state index in [4.69, 9.17) is 13.9 Å². The van der Waals surface area contributed by atoms with Gasteiger partial charge in [0.2, 0.25) is 0 Å². The largest absolute Gasteiger partial charge is 0.486 e. The van der Waals surface area contributed by atoms with E-state index >= 15 is 0 Å². The van der Waals surface area contributed by atoms with Crippen molar-refractivity contribution in [2.75, 3.05) is 26.3 Å². The van der Waals surface area contributed by atoms with Gasteiger partial charge >= 0.3 is 0 Å². The van der Waals surface area contributed by atoms with Gasteiger partial charge in [0.25, 0.3) is 5.91 Å². The van der Waals surface area contributed by atoms with E-state index in [9.17, 15) is 4.79 Å². The molecule has 0 spiro atoms. The van der Waals surface area contributed by atoms with E-state index in [1.165, 1.54) is 6.39 Å². The van der Waals surface area contributed by atoms with Crippen molar-refractivity contribution in [1.29, 1.82) is 0 Å². The van der Waals surface area contributed by atoms with Crippen LogP contribution in [0.25, 0.3) is 11.3 Å². The number of nitrogens with one attached hydrogen (secondary N) is 1. The number of carbonyl (C=O) groups is 1. The highest BCUT2D eigenvalue weighted by atomic mass is 35.5. The molecule has 0 saturated carbocycles. The Bertz CT molecular complexity index is 830. The van der Waals surface area contributed by atoms with Gasteiger partial charge in [0.15, 0.2) is 29.3 Å². The van der Waals surface area contributed by atoms with E-state index in [2.05, 4.69) is 10.3 Å². The minimum Gasteiger partial charge on any atom is -0.486 e. The van der Waals surface area contributed by atoms with Crippen LogP contribution in [0.3, 0.4) is 0 Å². The highest BCUT2D eigenvalue weighted by Gasteiger charge is 2.40. The molecule has 2 saturated heterocycles. The molecule has 1 amide bonds. The molecule has 3 aliphatic rings. The summed E-state index contributed by atoms with van der Waals surface area (Å²) in [5.74, 6) is 1.83. The summed E-state index contributed by atoms with van der Waals surface area (Å²) >= 11 is 0. The van der Waals surface area contributed by atoms with E-state index in [-0.39, 0.29) is 42.8 Å². The van der Waals surface area contributed by atoms with Crippen LogP contribution in [0.4, 0.5) is 0 Å². The van der Waals surface area contributed by atoms with Crippen molar-refractivity contribution >= 4 is 30.7 Å². The normalized spacial score (nSPS) is 22.6. The highest BCUT2D eigenvalue weighted by molar-refractivity contribution is 5.98. The molecular formula is C19H23Cl2N3O4. The number of aromatic nitrogens is 1. The molecule has 1 aromatic carbocycles. The van der Waals surface area contributed by atoms with E-state index < -0.39 is 0 Å². The van der Waals surface area contributed by atoms with Gasteiger partial charge in [-0.15, -0.1) is 24.8 Å². The highest BCUT2D eigenvalue weighted by Crippen LogP contribution is 2.37. The smallest absolute Gasteiger partial charge is 0.277 e. The number of amides is 1. The number of carbonyl (C=O) groups excluding carboxylic acids is 1. The van der Waals surface area contributed by atoms with Crippen LogP contribution in [-0.2, 0) is 0 Å². The first kappa shape index (κ1) is 20.8. The van der Waals surface area contributed by atoms with Crippen LogP contribution in [0.15, 0.2) is 29.0 Å². The van der Waals surface area contributed by atoms with E-state index in [0.29, 0.717) is 36.2 Å². The number of benzene rings is 1. The Morgan fingerprint density at radius 3 is 2.71 bits per heavy atom. The van der Waals surface area contributed by atoms with Crippen molar-refractivity contribution in [3.63, 3.8) is 0 Å². The number of fused-ring (bicyclic) bond motifs is 3. The Morgan fingerprint density at radius 1 is 1.07 bits per heavy atom. The van der Waals surface area contributed by atoms with Crippen LogP contribution in [0.5, 0.6) is 11.5 Å². The van der Waals surface area contributed by atoms with Crippen LogP contribution in [-0.4, -0.2) is 54.2 Å². The summed E-state index contributed by atoms with van der Waals surface area (Å²) in [6.45, 7) is 2.87. The number of nitrogens with zero attached hydrogens (tertiary/aromatic N) is 2. The fourth-order valence-corrected chi connectivity index (χ4v) is 4.22. The van der Waals surface area contributed by atoms with Crippen LogP contribution in [0.2, 0.25) is 0 Å². The maximum absolute atomic E-state index is 13.3. The number of ether oxygens (including phenoxy) is 2. The molecule has 5 rings (SSSR count). The summed E-state index contributed by atoms with van der Waals surface area (Å²) in [7, 11) is 0. The second-order valence-corrected chi connectivity index (χ2v) is 6.98. The number of hydrogen-bond acceptors (Lipinski definition) is 6. The third-order valence-electron chi connectivity index (χ3n) is 5.46. The molecule has 2 bridgehead atoms. The monoisotopic (exact) mass is 427 g/mol. The minimum atomic E-state index is -0.0418. The molecule has 2 atom stereocenters. The van der Waals surface area contributed by atoms with Crippen molar-refractivity contribution in [1.82, 2.24) is 15.2 Å². The Kier molecular flexibility index (Phi) is 6.37. The minimum absolute atomic E-state index is 0. The zero-order valence-electron chi connectivity index (χ0n) is 15.3.